The number of nitro groups is 1. The average molecular weight is 488 g/mol. The van der Waals surface area contributed by atoms with Gasteiger partial charge in [0.15, 0.2) is 12.4 Å². The molecule has 0 amide bonds. The first-order chi connectivity index (χ1) is 17.0. The Kier molecular flexibility index (Phi) is 9.97. The minimum atomic E-state index is -0.580. The maximum atomic E-state index is 11.4. The largest absolute Gasteiger partial charge is 0.495 e. The number of benzene rings is 2. The van der Waals surface area contributed by atoms with E-state index in [1.54, 1.807) is 20.1 Å². The van der Waals surface area contributed by atoms with Gasteiger partial charge in [-0.2, -0.15) is 0 Å². The number of unbranched alkanes of at least 4 members (excludes halogenated alkanes) is 1. The molecule has 2 aromatic carbocycles. The number of methoxy groups -OCH3 is 1. The van der Waals surface area contributed by atoms with Crippen LogP contribution in [-0.4, -0.2) is 75.4 Å². The van der Waals surface area contributed by atoms with E-state index in [9.17, 15) is 14.9 Å². The van der Waals surface area contributed by atoms with E-state index in [4.69, 9.17) is 18.9 Å². The van der Waals surface area contributed by atoms with Crippen LogP contribution in [0.2, 0.25) is 0 Å². The van der Waals surface area contributed by atoms with Crippen LogP contribution in [0.4, 0.5) is 11.4 Å². The summed E-state index contributed by atoms with van der Waals surface area (Å²) in [5.74, 6) is 0.716. The van der Waals surface area contributed by atoms with Crippen LogP contribution >= 0.6 is 0 Å². The van der Waals surface area contributed by atoms with Crippen molar-refractivity contribution in [1.29, 1.82) is 0 Å². The summed E-state index contributed by atoms with van der Waals surface area (Å²) >= 11 is 0. The molecular weight excluding hydrogens is 454 g/mol. The molecule has 0 spiro atoms. The van der Waals surface area contributed by atoms with E-state index in [1.165, 1.54) is 12.1 Å². The predicted molar refractivity (Wildman–Crippen MR) is 132 cm³/mol. The molecule has 10 heteroatoms. The molecule has 190 valence electrons. The second-order valence-electron chi connectivity index (χ2n) is 8.04. The van der Waals surface area contributed by atoms with E-state index in [-0.39, 0.29) is 24.7 Å². The quantitative estimate of drug-likeness (QED) is 0.182. The normalized spacial score (nSPS) is 13.8. The molecule has 1 aliphatic heterocycles. The van der Waals surface area contributed by atoms with Gasteiger partial charge >= 0.3 is 11.7 Å². The Bertz CT molecular complexity index is 977. The van der Waals surface area contributed by atoms with E-state index in [0.29, 0.717) is 12.4 Å². The van der Waals surface area contributed by atoms with Crippen LogP contribution < -0.4 is 19.1 Å². The van der Waals surface area contributed by atoms with Crippen molar-refractivity contribution in [3.8, 4) is 17.2 Å². The fourth-order valence-electron chi connectivity index (χ4n) is 3.92. The second kappa shape index (κ2) is 13.4. The number of nitro benzene ring substituents is 1. The third-order valence-electron chi connectivity index (χ3n) is 5.71. The van der Waals surface area contributed by atoms with Crippen molar-refractivity contribution in [3.05, 3.63) is 52.6 Å². The minimum absolute atomic E-state index is 0.00247. The molecule has 1 heterocycles. The van der Waals surface area contributed by atoms with E-state index in [0.717, 1.165) is 57.0 Å². The van der Waals surface area contributed by atoms with Gasteiger partial charge in [-0.3, -0.25) is 15.0 Å². The van der Waals surface area contributed by atoms with Crippen molar-refractivity contribution in [2.45, 2.75) is 19.8 Å². The number of piperazine rings is 1. The molecule has 10 nitrogen and oxygen atoms in total. The molecular formula is C25H33N3O7. The SMILES string of the molecule is CCOC(=O)COc1ccc(OCCCCN2CCN(c3ccccc3OC)CC2)cc1[N+](=O)[O-]. The van der Waals surface area contributed by atoms with Gasteiger partial charge in [0.1, 0.15) is 11.5 Å². The van der Waals surface area contributed by atoms with Crippen LogP contribution in [0.25, 0.3) is 0 Å². The van der Waals surface area contributed by atoms with Crippen LogP contribution in [-0.2, 0) is 9.53 Å². The van der Waals surface area contributed by atoms with Gasteiger partial charge < -0.3 is 23.8 Å². The molecule has 0 saturated carbocycles. The highest BCUT2D eigenvalue weighted by Crippen LogP contribution is 2.31. The van der Waals surface area contributed by atoms with Gasteiger partial charge in [0.2, 0.25) is 0 Å². The van der Waals surface area contributed by atoms with Crippen molar-refractivity contribution in [3.63, 3.8) is 0 Å². The highest BCUT2D eigenvalue weighted by atomic mass is 16.6. The molecule has 0 N–H and O–H groups in total. The third kappa shape index (κ3) is 7.74. The fraction of sp³-hybridized carbons (Fsp3) is 0.480. The molecule has 0 bridgehead atoms. The molecule has 0 unspecified atom stereocenters. The monoisotopic (exact) mass is 487 g/mol. The number of esters is 1. The number of carbonyl (C=O) groups excluding carboxylic acids is 1. The summed E-state index contributed by atoms with van der Waals surface area (Å²) in [7, 11) is 1.70. The van der Waals surface area contributed by atoms with Crippen molar-refractivity contribution in [2.24, 2.45) is 0 Å². The van der Waals surface area contributed by atoms with Gasteiger partial charge in [0, 0.05) is 26.2 Å². The Balaban J connectivity index is 1.38. The Labute approximate surface area is 205 Å². The van der Waals surface area contributed by atoms with Crippen LogP contribution in [0, 0.1) is 10.1 Å². The first-order valence-corrected chi connectivity index (χ1v) is 11.8. The van der Waals surface area contributed by atoms with Gasteiger partial charge in [0.25, 0.3) is 0 Å². The van der Waals surface area contributed by atoms with Gasteiger partial charge in [-0.05, 0) is 50.6 Å². The third-order valence-corrected chi connectivity index (χ3v) is 5.71. The Morgan fingerprint density at radius 3 is 2.51 bits per heavy atom. The number of rotatable bonds is 13. The first kappa shape index (κ1) is 26.1. The van der Waals surface area contributed by atoms with Crippen molar-refractivity contribution < 1.29 is 28.7 Å². The van der Waals surface area contributed by atoms with Crippen molar-refractivity contribution in [1.82, 2.24) is 4.90 Å². The van der Waals surface area contributed by atoms with Crippen molar-refractivity contribution in [2.75, 3.05) is 64.6 Å². The highest BCUT2D eigenvalue weighted by Gasteiger charge is 2.20. The molecule has 3 rings (SSSR count). The fourth-order valence-corrected chi connectivity index (χ4v) is 3.92. The average Bonchev–Trinajstić information content (AvgIpc) is 2.88. The molecule has 0 radical (unpaired) electrons. The zero-order chi connectivity index (χ0) is 25.0. The lowest BCUT2D eigenvalue weighted by Crippen LogP contribution is -2.46. The molecule has 0 atom stereocenters. The van der Waals surface area contributed by atoms with Crippen LogP contribution in [0.3, 0.4) is 0 Å². The van der Waals surface area contributed by atoms with Crippen LogP contribution in [0.5, 0.6) is 17.2 Å². The number of carbonyl (C=O) groups is 1. The van der Waals surface area contributed by atoms with Gasteiger partial charge in [0.05, 0.1) is 37.0 Å². The summed E-state index contributed by atoms with van der Waals surface area (Å²) in [6.45, 7) is 6.81. The van der Waals surface area contributed by atoms with Crippen LogP contribution in [0.15, 0.2) is 42.5 Å². The van der Waals surface area contributed by atoms with Crippen molar-refractivity contribution >= 4 is 17.3 Å². The molecule has 1 fully saturated rings. The lowest BCUT2D eigenvalue weighted by atomic mass is 10.2. The summed E-state index contributed by atoms with van der Waals surface area (Å²) in [6.07, 6.45) is 1.80. The summed E-state index contributed by atoms with van der Waals surface area (Å²) in [6, 6.07) is 12.4. The number of nitrogens with zero attached hydrogens (tertiary/aromatic N) is 3. The Hall–Kier alpha value is -3.53. The Morgan fingerprint density at radius 1 is 1.03 bits per heavy atom. The first-order valence-electron chi connectivity index (χ1n) is 11.8. The van der Waals surface area contributed by atoms with Gasteiger partial charge in [-0.15, -0.1) is 0 Å². The maximum Gasteiger partial charge on any atom is 0.344 e. The second-order valence-corrected chi connectivity index (χ2v) is 8.04. The van der Waals surface area contributed by atoms with E-state index in [2.05, 4.69) is 15.9 Å². The van der Waals surface area contributed by atoms with Gasteiger partial charge in [-0.1, -0.05) is 12.1 Å². The molecule has 35 heavy (non-hydrogen) atoms. The topological polar surface area (TPSA) is 104 Å². The molecule has 0 aliphatic carbocycles. The zero-order valence-corrected chi connectivity index (χ0v) is 20.3. The molecule has 1 saturated heterocycles. The standard InChI is InChI=1S/C25H33N3O7/c1-3-33-25(29)19-35-24-11-10-20(18-22(24)28(30)31)34-17-7-6-12-26-13-15-27(16-14-26)21-8-4-5-9-23(21)32-2/h4-5,8-11,18H,3,6-7,12-17,19H2,1-2H3. The lowest BCUT2D eigenvalue weighted by molar-refractivity contribution is -0.385. The number of hydrogen-bond donors (Lipinski definition) is 0. The van der Waals surface area contributed by atoms with Crippen LogP contribution in [0.1, 0.15) is 19.8 Å². The minimum Gasteiger partial charge on any atom is -0.495 e. The van der Waals surface area contributed by atoms with E-state index < -0.39 is 10.9 Å². The van der Waals surface area contributed by atoms with E-state index >= 15 is 0 Å². The summed E-state index contributed by atoms with van der Waals surface area (Å²) < 4.78 is 21.2. The molecule has 2 aromatic rings. The van der Waals surface area contributed by atoms with Gasteiger partial charge in [-0.25, -0.2) is 4.79 Å². The summed E-state index contributed by atoms with van der Waals surface area (Å²) in [4.78, 5) is 27.1. The summed E-state index contributed by atoms with van der Waals surface area (Å²) in [5, 5.41) is 11.4. The number of anilines is 1. The highest BCUT2D eigenvalue weighted by molar-refractivity contribution is 5.71. The number of ether oxygens (including phenoxy) is 4. The molecule has 1 aliphatic rings. The lowest BCUT2D eigenvalue weighted by Gasteiger charge is -2.36. The predicted octanol–water partition coefficient (Wildman–Crippen LogP) is 3.53. The van der Waals surface area contributed by atoms with E-state index in [1.807, 2.05) is 18.2 Å². The number of para-hydroxylation sites is 2. The number of hydrogen-bond acceptors (Lipinski definition) is 9. The summed E-state index contributed by atoms with van der Waals surface area (Å²) in [5.41, 5.74) is 0.883. The zero-order valence-electron chi connectivity index (χ0n) is 20.3. The molecule has 0 aromatic heterocycles. The Morgan fingerprint density at radius 2 is 1.80 bits per heavy atom. The maximum absolute atomic E-state index is 11.4. The smallest absolute Gasteiger partial charge is 0.344 e.